The number of rotatable bonds is 10. The third kappa shape index (κ3) is 11.9. The zero-order valence-corrected chi connectivity index (χ0v) is 8.81. The molecule has 3 heteroatoms. The average molecular weight is 188 g/mol. The van der Waals surface area contributed by atoms with E-state index in [1.165, 1.54) is 12.8 Å². The number of aliphatic hydroxyl groups is 1. The van der Waals surface area contributed by atoms with Crippen molar-refractivity contribution in [1.29, 1.82) is 0 Å². The van der Waals surface area contributed by atoms with Crippen LogP contribution in [-0.2, 0) is 0 Å². The molecule has 0 saturated heterocycles. The molecular weight excluding hydrogens is 164 g/mol. The number of hydrogen-bond acceptors (Lipinski definition) is 3. The summed E-state index contributed by atoms with van der Waals surface area (Å²) in [6.45, 7) is 6.86. The van der Waals surface area contributed by atoms with E-state index in [4.69, 9.17) is 5.11 Å². The summed E-state index contributed by atoms with van der Waals surface area (Å²) in [4.78, 5) is 0. The number of hydrogen-bond donors (Lipinski definition) is 3. The average Bonchev–Trinajstić information content (AvgIpc) is 2.16. The molecular formula is C10H24N2O. The van der Waals surface area contributed by atoms with Crippen molar-refractivity contribution in [3.63, 3.8) is 0 Å². The quantitative estimate of drug-likeness (QED) is 0.443. The minimum Gasteiger partial charge on any atom is -0.396 e. The lowest BCUT2D eigenvalue weighted by Gasteiger charge is -2.04. The first-order valence-corrected chi connectivity index (χ1v) is 5.44. The molecule has 0 heterocycles. The van der Waals surface area contributed by atoms with E-state index < -0.39 is 0 Å². The number of aliphatic hydroxyl groups excluding tert-OH is 1. The van der Waals surface area contributed by atoms with Gasteiger partial charge in [0, 0.05) is 6.61 Å². The lowest BCUT2D eigenvalue weighted by Crippen LogP contribution is -2.23. The van der Waals surface area contributed by atoms with Gasteiger partial charge in [0.2, 0.25) is 0 Å². The van der Waals surface area contributed by atoms with E-state index in [-0.39, 0.29) is 0 Å². The highest BCUT2D eigenvalue weighted by Crippen LogP contribution is 1.83. The summed E-state index contributed by atoms with van der Waals surface area (Å²) in [7, 11) is 0. The Morgan fingerprint density at radius 1 is 0.846 bits per heavy atom. The Balaban J connectivity index is 2.76. The van der Waals surface area contributed by atoms with Crippen molar-refractivity contribution in [3.05, 3.63) is 0 Å². The third-order valence-electron chi connectivity index (χ3n) is 1.90. The molecule has 0 spiro atoms. The molecule has 0 fully saturated rings. The topological polar surface area (TPSA) is 44.3 Å². The molecule has 0 saturated carbocycles. The summed E-state index contributed by atoms with van der Waals surface area (Å²) < 4.78 is 0. The first-order chi connectivity index (χ1) is 6.41. The predicted octanol–water partition coefficient (Wildman–Crippen LogP) is 0.738. The van der Waals surface area contributed by atoms with Crippen molar-refractivity contribution in [2.45, 2.75) is 32.6 Å². The van der Waals surface area contributed by atoms with Crippen LogP contribution in [0.2, 0.25) is 0 Å². The van der Waals surface area contributed by atoms with Crippen LogP contribution in [0.15, 0.2) is 0 Å². The van der Waals surface area contributed by atoms with Gasteiger partial charge in [-0.15, -0.1) is 0 Å². The Hall–Kier alpha value is -0.120. The molecule has 0 unspecified atom stereocenters. The van der Waals surface area contributed by atoms with Gasteiger partial charge in [-0.05, 0) is 51.9 Å². The van der Waals surface area contributed by atoms with Crippen LogP contribution >= 0.6 is 0 Å². The fraction of sp³-hybridized carbons (Fsp3) is 1.00. The summed E-state index contributed by atoms with van der Waals surface area (Å²) in [5.74, 6) is 0. The van der Waals surface area contributed by atoms with Crippen LogP contribution in [0.25, 0.3) is 0 Å². The molecule has 0 aliphatic rings. The lowest BCUT2D eigenvalue weighted by atomic mass is 10.3. The molecule has 13 heavy (non-hydrogen) atoms. The minimum absolute atomic E-state index is 0.319. The van der Waals surface area contributed by atoms with Gasteiger partial charge >= 0.3 is 0 Å². The van der Waals surface area contributed by atoms with Crippen molar-refractivity contribution in [1.82, 2.24) is 10.6 Å². The Morgan fingerprint density at radius 2 is 1.46 bits per heavy atom. The third-order valence-corrected chi connectivity index (χ3v) is 1.90. The van der Waals surface area contributed by atoms with Crippen LogP contribution in [0.4, 0.5) is 0 Å². The first kappa shape index (κ1) is 12.9. The largest absolute Gasteiger partial charge is 0.396 e. The van der Waals surface area contributed by atoms with Crippen LogP contribution in [0, 0.1) is 0 Å². The van der Waals surface area contributed by atoms with E-state index in [9.17, 15) is 0 Å². The second-order valence-electron chi connectivity index (χ2n) is 3.28. The first-order valence-electron chi connectivity index (χ1n) is 5.44. The molecule has 0 aromatic carbocycles. The zero-order valence-electron chi connectivity index (χ0n) is 8.81. The molecule has 0 aliphatic heterocycles. The van der Waals surface area contributed by atoms with Crippen molar-refractivity contribution >= 4 is 0 Å². The van der Waals surface area contributed by atoms with Gasteiger partial charge in [-0.3, -0.25) is 0 Å². The van der Waals surface area contributed by atoms with Crippen LogP contribution < -0.4 is 10.6 Å². The van der Waals surface area contributed by atoms with Gasteiger partial charge in [0.25, 0.3) is 0 Å². The van der Waals surface area contributed by atoms with E-state index >= 15 is 0 Å². The van der Waals surface area contributed by atoms with Gasteiger partial charge in [-0.2, -0.15) is 0 Å². The van der Waals surface area contributed by atoms with Gasteiger partial charge in [-0.25, -0.2) is 0 Å². The second kappa shape index (κ2) is 11.9. The van der Waals surface area contributed by atoms with Gasteiger partial charge < -0.3 is 15.7 Å². The van der Waals surface area contributed by atoms with Crippen molar-refractivity contribution in [3.8, 4) is 0 Å². The lowest BCUT2D eigenvalue weighted by molar-refractivity contribution is 0.283. The van der Waals surface area contributed by atoms with E-state index in [2.05, 4.69) is 17.6 Å². The highest BCUT2D eigenvalue weighted by atomic mass is 16.2. The summed E-state index contributed by atoms with van der Waals surface area (Å²) in [5, 5.41) is 15.2. The fourth-order valence-corrected chi connectivity index (χ4v) is 1.13. The summed E-state index contributed by atoms with van der Waals surface area (Å²) >= 11 is 0. The maximum atomic E-state index is 8.53. The highest BCUT2D eigenvalue weighted by Gasteiger charge is 1.88. The molecule has 0 aliphatic carbocycles. The number of unbranched alkanes of at least 4 members (excludes halogenated alkanes) is 1. The van der Waals surface area contributed by atoms with Crippen LogP contribution in [0.5, 0.6) is 0 Å². The van der Waals surface area contributed by atoms with Gasteiger partial charge in [0.15, 0.2) is 0 Å². The van der Waals surface area contributed by atoms with Crippen LogP contribution in [0.3, 0.4) is 0 Å². The van der Waals surface area contributed by atoms with Crippen molar-refractivity contribution < 1.29 is 5.11 Å². The van der Waals surface area contributed by atoms with Crippen LogP contribution in [-0.4, -0.2) is 37.9 Å². The van der Waals surface area contributed by atoms with E-state index in [1.54, 1.807) is 0 Å². The van der Waals surface area contributed by atoms with Gasteiger partial charge in [0.05, 0.1) is 0 Å². The van der Waals surface area contributed by atoms with Gasteiger partial charge in [-0.1, -0.05) is 6.92 Å². The predicted molar refractivity (Wildman–Crippen MR) is 57.0 cm³/mol. The molecule has 3 N–H and O–H groups in total. The minimum atomic E-state index is 0.319. The Kier molecular flexibility index (Phi) is 11.8. The van der Waals surface area contributed by atoms with E-state index in [0.717, 1.165) is 39.0 Å². The number of nitrogens with one attached hydrogen (secondary N) is 2. The fourth-order valence-electron chi connectivity index (χ4n) is 1.13. The molecule has 0 aromatic rings. The maximum absolute atomic E-state index is 8.53. The van der Waals surface area contributed by atoms with E-state index in [0.29, 0.717) is 6.61 Å². The zero-order chi connectivity index (χ0) is 9.78. The summed E-state index contributed by atoms with van der Waals surface area (Å²) in [6.07, 6.45) is 4.41. The van der Waals surface area contributed by atoms with Crippen molar-refractivity contribution in [2.75, 3.05) is 32.8 Å². The molecule has 0 atom stereocenters. The summed E-state index contributed by atoms with van der Waals surface area (Å²) in [6, 6.07) is 0. The van der Waals surface area contributed by atoms with Gasteiger partial charge in [0.1, 0.15) is 0 Å². The molecule has 0 rings (SSSR count). The standard InChI is InChI=1S/C10H24N2O/c1-2-6-11-8-5-9-12-7-3-4-10-13/h11-13H,2-10H2,1H3. The van der Waals surface area contributed by atoms with Crippen LogP contribution in [0.1, 0.15) is 32.6 Å². The monoisotopic (exact) mass is 188 g/mol. The molecule has 0 aromatic heterocycles. The highest BCUT2D eigenvalue weighted by molar-refractivity contribution is 4.51. The normalized spacial score (nSPS) is 10.6. The maximum Gasteiger partial charge on any atom is 0.0431 e. The molecule has 0 radical (unpaired) electrons. The summed E-state index contributed by atoms with van der Waals surface area (Å²) in [5.41, 5.74) is 0. The molecule has 0 bridgehead atoms. The Labute approximate surface area is 81.9 Å². The smallest absolute Gasteiger partial charge is 0.0431 e. The second-order valence-corrected chi connectivity index (χ2v) is 3.28. The molecule has 0 amide bonds. The molecule has 80 valence electrons. The Bertz CT molecular complexity index is 79.0. The Morgan fingerprint density at radius 3 is 2.08 bits per heavy atom. The SMILES string of the molecule is CCCNCCCNCCCCO. The molecule has 3 nitrogen and oxygen atoms in total. The van der Waals surface area contributed by atoms with E-state index in [1.807, 2.05) is 0 Å². The van der Waals surface area contributed by atoms with Crippen molar-refractivity contribution in [2.24, 2.45) is 0 Å².